The third-order valence-electron chi connectivity index (χ3n) is 5.75. The molecule has 6 nitrogen and oxygen atoms in total. The topological polar surface area (TPSA) is 90.9 Å². The number of fused-ring (bicyclic) bond motifs is 1. The Bertz CT molecular complexity index is 1360. The fourth-order valence-corrected chi connectivity index (χ4v) is 3.98. The van der Waals surface area contributed by atoms with Crippen LogP contribution in [0.4, 0.5) is 11.5 Å². The van der Waals surface area contributed by atoms with Gasteiger partial charge in [0.2, 0.25) is 0 Å². The zero-order chi connectivity index (χ0) is 21.5. The van der Waals surface area contributed by atoms with E-state index in [4.69, 9.17) is 5.26 Å². The van der Waals surface area contributed by atoms with Gasteiger partial charge in [0.05, 0.1) is 17.1 Å². The molecule has 0 bridgehead atoms. The molecule has 0 spiro atoms. The second kappa shape index (κ2) is 7.29. The van der Waals surface area contributed by atoms with Crippen LogP contribution in [-0.2, 0) is 7.05 Å². The molecular formula is C25H20N4O2. The Kier molecular flexibility index (Phi) is 4.45. The van der Waals surface area contributed by atoms with E-state index in [1.54, 1.807) is 24.4 Å². The summed E-state index contributed by atoms with van der Waals surface area (Å²) < 4.78 is 2.05. The van der Waals surface area contributed by atoms with Crippen molar-refractivity contribution in [2.24, 2.45) is 7.05 Å². The minimum Gasteiger partial charge on any atom is -0.478 e. The normalized spacial score (nSPS) is 13.2. The summed E-state index contributed by atoms with van der Waals surface area (Å²) in [6, 6.07) is 17.3. The number of anilines is 2. The molecule has 0 radical (unpaired) electrons. The van der Waals surface area contributed by atoms with Crippen molar-refractivity contribution in [1.82, 2.24) is 9.55 Å². The van der Waals surface area contributed by atoms with Crippen LogP contribution in [0, 0.1) is 11.3 Å². The molecule has 0 unspecified atom stereocenters. The zero-order valence-electron chi connectivity index (χ0n) is 17.0. The van der Waals surface area contributed by atoms with Gasteiger partial charge in [-0.1, -0.05) is 12.1 Å². The number of nitrogens with zero attached hydrogens (tertiary/aromatic N) is 3. The van der Waals surface area contributed by atoms with Crippen molar-refractivity contribution >= 4 is 28.4 Å². The molecule has 1 fully saturated rings. The Morgan fingerprint density at radius 2 is 1.97 bits per heavy atom. The number of rotatable bonds is 5. The zero-order valence-corrected chi connectivity index (χ0v) is 17.0. The van der Waals surface area contributed by atoms with Gasteiger partial charge in [0.1, 0.15) is 11.4 Å². The van der Waals surface area contributed by atoms with Crippen LogP contribution < -0.4 is 5.32 Å². The molecular weight excluding hydrogens is 388 g/mol. The average molecular weight is 408 g/mol. The second-order valence-electron chi connectivity index (χ2n) is 7.95. The van der Waals surface area contributed by atoms with Crippen molar-refractivity contribution in [3.05, 3.63) is 77.6 Å². The van der Waals surface area contributed by atoms with Crippen LogP contribution in [0.25, 0.3) is 22.0 Å². The number of hydrogen-bond acceptors (Lipinski definition) is 4. The van der Waals surface area contributed by atoms with Crippen LogP contribution in [-0.4, -0.2) is 20.6 Å². The van der Waals surface area contributed by atoms with Gasteiger partial charge in [-0.25, -0.2) is 9.78 Å². The number of carboxylic acid groups (broad SMARTS) is 1. The largest absolute Gasteiger partial charge is 0.478 e. The Balaban J connectivity index is 1.60. The Morgan fingerprint density at radius 1 is 1.19 bits per heavy atom. The van der Waals surface area contributed by atoms with Gasteiger partial charge in [-0.2, -0.15) is 5.26 Å². The molecule has 0 atom stereocenters. The molecule has 2 aromatic carbocycles. The summed E-state index contributed by atoms with van der Waals surface area (Å²) in [4.78, 5) is 16.3. The van der Waals surface area contributed by atoms with E-state index in [0.29, 0.717) is 17.3 Å². The van der Waals surface area contributed by atoms with E-state index in [1.807, 2.05) is 43.6 Å². The summed E-state index contributed by atoms with van der Waals surface area (Å²) in [5.41, 5.74) is 5.55. The van der Waals surface area contributed by atoms with Crippen molar-refractivity contribution < 1.29 is 9.90 Å². The summed E-state index contributed by atoms with van der Waals surface area (Å²) in [7, 11) is 1.99. The first-order chi connectivity index (χ1) is 15.0. The first-order valence-corrected chi connectivity index (χ1v) is 10.1. The molecule has 5 rings (SSSR count). The number of nitrogens with one attached hydrogen (secondary N) is 1. The average Bonchev–Trinajstić information content (AvgIpc) is 3.56. The highest BCUT2D eigenvalue weighted by molar-refractivity contribution is 5.99. The minimum absolute atomic E-state index is 0.178. The van der Waals surface area contributed by atoms with Crippen LogP contribution in [0.5, 0.6) is 0 Å². The minimum atomic E-state index is -0.995. The van der Waals surface area contributed by atoms with Gasteiger partial charge in [0.25, 0.3) is 0 Å². The second-order valence-corrected chi connectivity index (χ2v) is 7.95. The van der Waals surface area contributed by atoms with Gasteiger partial charge < -0.3 is 15.0 Å². The fraction of sp³-hybridized carbons (Fsp3) is 0.160. The number of pyridine rings is 1. The van der Waals surface area contributed by atoms with E-state index >= 15 is 0 Å². The summed E-state index contributed by atoms with van der Waals surface area (Å²) in [6.07, 6.45) is 5.94. The first kappa shape index (κ1) is 18.9. The maximum Gasteiger partial charge on any atom is 0.339 e. The van der Waals surface area contributed by atoms with Crippen LogP contribution in [0.1, 0.15) is 40.2 Å². The van der Waals surface area contributed by atoms with Crippen molar-refractivity contribution in [2.75, 3.05) is 5.32 Å². The third-order valence-corrected chi connectivity index (χ3v) is 5.75. The lowest BCUT2D eigenvalue weighted by Crippen LogP contribution is -2.06. The number of benzene rings is 2. The van der Waals surface area contributed by atoms with Gasteiger partial charge >= 0.3 is 5.97 Å². The van der Waals surface area contributed by atoms with Crippen molar-refractivity contribution in [1.29, 1.82) is 5.26 Å². The molecule has 2 heterocycles. The van der Waals surface area contributed by atoms with Gasteiger partial charge in [-0.05, 0) is 66.3 Å². The van der Waals surface area contributed by atoms with E-state index in [-0.39, 0.29) is 5.56 Å². The predicted octanol–water partition coefficient (Wildman–Crippen LogP) is 5.43. The lowest BCUT2D eigenvalue weighted by Gasteiger charge is -2.14. The van der Waals surface area contributed by atoms with E-state index in [9.17, 15) is 9.90 Å². The highest BCUT2D eigenvalue weighted by Gasteiger charge is 2.26. The highest BCUT2D eigenvalue weighted by atomic mass is 16.4. The summed E-state index contributed by atoms with van der Waals surface area (Å²) in [5, 5.41) is 23.1. The highest BCUT2D eigenvalue weighted by Crippen LogP contribution is 2.41. The molecule has 2 aromatic heterocycles. The molecule has 152 valence electrons. The molecule has 1 saturated carbocycles. The maximum atomic E-state index is 11.9. The Morgan fingerprint density at radius 3 is 2.65 bits per heavy atom. The summed E-state index contributed by atoms with van der Waals surface area (Å²) in [5.74, 6) is -0.230. The van der Waals surface area contributed by atoms with Crippen LogP contribution in [0.15, 0.2) is 60.9 Å². The van der Waals surface area contributed by atoms with Gasteiger partial charge in [0.15, 0.2) is 0 Å². The van der Waals surface area contributed by atoms with Crippen molar-refractivity contribution in [2.45, 2.75) is 18.8 Å². The predicted molar refractivity (Wildman–Crippen MR) is 120 cm³/mol. The third kappa shape index (κ3) is 3.51. The van der Waals surface area contributed by atoms with Gasteiger partial charge in [-0.3, -0.25) is 0 Å². The Labute approximate surface area is 179 Å². The number of hydrogen-bond donors (Lipinski definition) is 2. The molecule has 0 amide bonds. The number of carboxylic acids is 1. The standard InChI is InChI=1S/C25H20N4O2/c1-29-9-8-18-10-20(12-21(23(18)29)17-4-2-15(13-26)3-5-17)28-24-22(25(30)31)11-19(14-27-24)16-6-7-16/h2-5,8-12,14,16H,6-7H2,1H3,(H,27,28)(H,30,31). The fourth-order valence-electron chi connectivity index (χ4n) is 3.98. The van der Waals surface area contributed by atoms with Crippen LogP contribution >= 0.6 is 0 Å². The number of aromatic carboxylic acids is 1. The number of carbonyl (C=O) groups is 1. The lowest BCUT2D eigenvalue weighted by molar-refractivity contribution is 0.0697. The SMILES string of the molecule is Cn1ccc2cc(Nc3ncc(C4CC4)cc3C(=O)O)cc(-c3ccc(C#N)cc3)c21. The number of nitriles is 1. The first-order valence-electron chi connectivity index (χ1n) is 10.1. The summed E-state index contributed by atoms with van der Waals surface area (Å²) >= 11 is 0. The molecule has 1 aliphatic carbocycles. The molecule has 4 aromatic rings. The lowest BCUT2D eigenvalue weighted by atomic mass is 10.0. The van der Waals surface area contributed by atoms with Crippen molar-refractivity contribution in [3.8, 4) is 17.2 Å². The monoisotopic (exact) mass is 408 g/mol. The summed E-state index contributed by atoms with van der Waals surface area (Å²) in [6.45, 7) is 0. The number of aryl methyl sites for hydroxylation is 1. The van der Waals surface area contributed by atoms with Gasteiger partial charge in [-0.15, -0.1) is 0 Å². The van der Waals surface area contributed by atoms with E-state index < -0.39 is 5.97 Å². The van der Waals surface area contributed by atoms with Crippen molar-refractivity contribution in [3.63, 3.8) is 0 Å². The van der Waals surface area contributed by atoms with E-state index in [1.165, 1.54) is 0 Å². The molecule has 31 heavy (non-hydrogen) atoms. The van der Waals surface area contributed by atoms with Crippen LogP contribution in [0.2, 0.25) is 0 Å². The molecule has 1 aliphatic rings. The molecule has 2 N–H and O–H groups in total. The molecule has 0 aliphatic heterocycles. The molecule has 6 heteroatoms. The molecule has 0 saturated heterocycles. The quantitative estimate of drug-likeness (QED) is 0.459. The van der Waals surface area contributed by atoms with E-state index in [0.717, 1.165) is 46.1 Å². The number of aromatic nitrogens is 2. The smallest absolute Gasteiger partial charge is 0.339 e. The Hall–Kier alpha value is -4.11. The maximum absolute atomic E-state index is 11.9. The van der Waals surface area contributed by atoms with Crippen LogP contribution in [0.3, 0.4) is 0 Å². The van der Waals surface area contributed by atoms with Gasteiger partial charge in [0, 0.05) is 36.1 Å². The van der Waals surface area contributed by atoms with E-state index in [2.05, 4.69) is 20.9 Å².